The van der Waals surface area contributed by atoms with Gasteiger partial charge in [-0.1, -0.05) is 91.0 Å². The fourth-order valence-electron chi connectivity index (χ4n) is 3.72. The average Bonchev–Trinajstić information content (AvgIpc) is 2.74. The van der Waals surface area contributed by atoms with Gasteiger partial charge in [-0.2, -0.15) is 0 Å². The van der Waals surface area contributed by atoms with Crippen LogP contribution in [0.4, 0.5) is 4.79 Å². The number of nitrogens with one attached hydrogen (secondary N) is 2. The smallest absolute Gasteiger partial charge is 0.319 e. The molecule has 28 heavy (non-hydrogen) atoms. The van der Waals surface area contributed by atoms with Gasteiger partial charge in [0, 0.05) is 5.70 Å². The highest BCUT2D eigenvalue weighted by Crippen LogP contribution is 2.32. The van der Waals surface area contributed by atoms with Gasteiger partial charge in [0.25, 0.3) is 0 Å². The third kappa shape index (κ3) is 4.32. The lowest BCUT2D eigenvalue weighted by Crippen LogP contribution is -2.48. The minimum absolute atomic E-state index is 0.0641. The summed E-state index contributed by atoms with van der Waals surface area (Å²) in [7, 11) is 0. The average molecular weight is 368 g/mol. The van der Waals surface area contributed by atoms with Crippen molar-refractivity contribution >= 4 is 18.2 Å². The lowest BCUT2D eigenvalue weighted by Gasteiger charge is -2.33. The van der Waals surface area contributed by atoms with Gasteiger partial charge in [-0.25, -0.2) is 4.79 Å². The van der Waals surface area contributed by atoms with Gasteiger partial charge in [0.1, 0.15) is 0 Å². The summed E-state index contributed by atoms with van der Waals surface area (Å²) in [5.41, 5.74) is 5.76. The van der Waals surface area contributed by atoms with Gasteiger partial charge in [0.15, 0.2) is 0 Å². The first-order valence-electron chi connectivity index (χ1n) is 9.76. The van der Waals surface area contributed by atoms with E-state index in [2.05, 4.69) is 65.3 Å². The molecule has 0 spiro atoms. The molecule has 0 fully saturated rings. The van der Waals surface area contributed by atoms with Gasteiger partial charge < -0.3 is 10.6 Å². The van der Waals surface area contributed by atoms with Crippen LogP contribution in [0.15, 0.2) is 95.7 Å². The highest BCUT2D eigenvalue weighted by molar-refractivity contribution is 5.81. The molecule has 2 aliphatic rings. The van der Waals surface area contributed by atoms with Gasteiger partial charge >= 0.3 is 6.03 Å². The van der Waals surface area contributed by atoms with Gasteiger partial charge in [-0.15, -0.1) is 0 Å². The van der Waals surface area contributed by atoms with E-state index < -0.39 is 0 Å². The van der Waals surface area contributed by atoms with Crippen molar-refractivity contribution < 1.29 is 4.79 Å². The van der Waals surface area contributed by atoms with E-state index in [1.807, 2.05) is 36.4 Å². The summed E-state index contributed by atoms with van der Waals surface area (Å²) in [6.07, 6.45) is 13.5. The summed E-state index contributed by atoms with van der Waals surface area (Å²) in [4.78, 5) is 12.2. The second-order valence-electron chi connectivity index (χ2n) is 7.06. The van der Waals surface area contributed by atoms with E-state index in [1.165, 1.54) is 16.7 Å². The molecule has 0 saturated heterocycles. The molecule has 2 amide bonds. The Balaban J connectivity index is 1.59. The van der Waals surface area contributed by atoms with Crippen molar-refractivity contribution in [1.82, 2.24) is 10.6 Å². The van der Waals surface area contributed by atoms with Crippen LogP contribution in [0, 0.1) is 0 Å². The van der Waals surface area contributed by atoms with Crippen LogP contribution in [0.3, 0.4) is 0 Å². The number of hydrogen-bond donors (Lipinski definition) is 2. The predicted octanol–water partition coefficient (Wildman–Crippen LogP) is 5.46. The molecule has 1 unspecified atom stereocenters. The number of benzene rings is 2. The zero-order valence-corrected chi connectivity index (χ0v) is 15.8. The summed E-state index contributed by atoms with van der Waals surface area (Å²) in [5, 5.41) is 6.09. The van der Waals surface area contributed by atoms with E-state index in [1.54, 1.807) is 0 Å². The van der Waals surface area contributed by atoms with E-state index in [9.17, 15) is 4.79 Å². The monoisotopic (exact) mass is 368 g/mol. The Hall–Kier alpha value is -3.33. The fourth-order valence-corrected chi connectivity index (χ4v) is 3.72. The maximum Gasteiger partial charge on any atom is 0.319 e. The first-order valence-corrected chi connectivity index (χ1v) is 9.76. The quantitative estimate of drug-likeness (QED) is 0.739. The minimum Gasteiger partial charge on any atom is -0.328 e. The van der Waals surface area contributed by atoms with Crippen LogP contribution in [-0.2, 0) is 0 Å². The number of amides is 2. The molecule has 1 atom stereocenters. The van der Waals surface area contributed by atoms with Crippen LogP contribution in [0.25, 0.3) is 12.2 Å². The van der Waals surface area contributed by atoms with Crippen molar-refractivity contribution in [1.29, 1.82) is 0 Å². The number of rotatable bonds is 4. The van der Waals surface area contributed by atoms with Crippen molar-refractivity contribution in [2.45, 2.75) is 25.3 Å². The topological polar surface area (TPSA) is 41.1 Å². The largest absolute Gasteiger partial charge is 0.328 e. The molecule has 0 radical (unpaired) electrons. The van der Waals surface area contributed by atoms with Gasteiger partial charge in [-0.3, -0.25) is 0 Å². The van der Waals surface area contributed by atoms with E-state index in [0.29, 0.717) is 0 Å². The molecule has 1 aliphatic carbocycles. The van der Waals surface area contributed by atoms with Crippen molar-refractivity contribution in [2.24, 2.45) is 0 Å². The molecule has 0 aromatic heterocycles. The molecular weight excluding hydrogens is 344 g/mol. The molecule has 3 nitrogen and oxygen atoms in total. The van der Waals surface area contributed by atoms with E-state index in [4.69, 9.17) is 0 Å². The number of hydrogen-bond acceptors (Lipinski definition) is 1. The fraction of sp³-hybridized carbons (Fsp3) is 0.160. The molecule has 3 heteroatoms. The molecule has 2 N–H and O–H groups in total. The molecule has 1 aliphatic heterocycles. The van der Waals surface area contributed by atoms with E-state index in [-0.39, 0.29) is 12.1 Å². The molecule has 1 heterocycles. The van der Waals surface area contributed by atoms with Crippen LogP contribution in [-0.4, -0.2) is 12.1 Å². The summed E-state index contributed by atoms with van der Waals surface area (Å²) in [6.45, 7) is 0. The van der Waals surface area contributed by atoms with Gasteiger partial charge in [0.2, 0.25) is 0 Å². The normalized spacial score (nSPS) is 21.1. The summed E-state index contributed by atoms with van der Waals surface area (Å²) >= 11 is 0. The van der Waals surface area contributed by atoms with Crippen molar-refractivity contribution in [2.75, 3.05) is 0 Å². The SMILES string of the molecule is O=C1NC2=C(CCC/C2=C\C=C\c2ccccc2)C(/C=C/c2ccccc2)N1. The molecule has 2 aromatic rings. The summed E-state index contributed by atoms with van der Waals surface area (Å²) in [6, 6.07) is 20.2. The number of allylic oxidation sites excluding steroid dienone is 3. The molecular formula is C25H24N2O. The van der Waals surface area contributed by atoms with Crippen LogP contribution in [0.1, 0.15) is 30.4 Å². The van der Waals surface area contributed by atoms with Crippen LogP contribution >= 0.6 is 0 Å². The number of carbonyl (C=O) groups excluding carboxylic acids is 1. The number of urea groups is 1. The predicted molar refractivity (Wildman–Crippen MR) is 115 cm³/mol. The van der Waals surface area contributed by atoms with Crippen LogP contribution in [0.5, 0.6) is 0 Å². The van der Waals surface area contributed by atoms with Crippen molar-refractivity contribution in [3.05, 3.63) is 107 Å². The van der Waals surface area contributed by atoms with Gasteiger partial charge in [-0.05, 0) is 41.5 Å². The molecule has 4 rings (SSSR count). The lowest BCUT2D eigenvalue weighted by atomic mass is 9.86. The van der Waals surface area contributed by atoms with E-state index >= 15 is 0 Å². The van der Waals surface area contributed by atoms with Crippen LogP contribution < -0.4 is 10.6 Å². The van der Waals surface area contributed by atoms with Crippen molar-refractivity contribution in [3.63, 3.8) is 0 Å². The Morgan fingerprint density at radius 3 is 2.25 bits per heavy atom. The second-order valence-corrected chi connectivity index (χ2v) is 7.06. The zero-order valence-electron chi connectivity index (χ0n) is 15.8. The Bertz CT molecular complexity index is 953. The summed E-state index contributed by atoms with van der Waals surface area (Å²) < 4.78 is 0. The standard InChI is InChI=1S/C25H24N2O/c28-25-26-23(18-17-20-11-5-2-6-12-20)22-16-8-15-21(24(22)27-25)14-7-13-19-9-3-1-4-10-19/h1-7,9-14,17-18,23H,8,15-16H2,(H2,26,27,28)/b13-7+,18-17+,21-14+. The molecule has 2 aromatic carbocycles. The van der Waals surface area contributed by atoms with Crippen LogP contribution in [0.2, 0.25) is 0 Å². The third-order valence-corrected chi connectivity index (χ3v) is 5.10. The highest BCUT2D eigenvalue weighted by atomic mass is 16.2. The first kappa shape index (κ1) is 18.1. The maximum absolute atomic E-state index is 12.2. The molecule has 0 bridgehead atoms. The second kappa shape index (κ2) is 8.57. The van der Waals surface area contributed by atoms with Gasteiger partial charge in [0.05, 0.1) is 6.04 Å². The molecule has 0 saturated carbocycles. The Labute approximate surface area is 166 Å². The first-order chi connectivity index (χ1) is 13.8. The Morgan fingerprint density at radius 1 is 0.857 bits per heavy atom. The minimum atomic E-state index is -0.138. The van der Waals surface area contributed by atoms with Crippen molar-refractivity contribution in [3.8, 4) is 0 Å². The van der Waals surface area contributed by atoms with E-state index in [0.717, 1.165) is 30.5 Å². The Morgan fingerprint density at radius 2 is 1.54 bits per heavy atom. The maximum atomic E-state index is 12.2. The summed E-state index contributed by atoms with van der Waals surface area (Å²) in [5.74, 6) is 0. The third-order valence-electron chi connectivity index (χ3n) is 5.10. The highest BCUT2D eigenvalue weighted by Gasteiger charge is 2.28. The number of carbonyl (C=O) groups is 1. The molecule has 140 valence electrons. The lowest BCUT2D eigenvalue weighted by molar-refractivity contribution is 0.239. The zero-order chi connectivity index (χ0) is 19.2. The Kier molecular flexibility index (Phi) is 5.53.